The molecule has 1 fully saturated rings. The Morgan fingerprint density at radius 2 is 1.79 bits per heavy atom. The van der Waals surface area contributed by atoms with Crippen LogP contribution in [-0.2, 0) is 16.0 Å². The first-order valence-corrected chi connectivity index (χ1v) is 8.54. The molecule has 0 radical (unpaired) electrons. The standard InChI is InChI=1S/C18H18Cl2N2O2/c19-14-2-1-13(17(20)12-14)11-18(23)21-15-3-5-16(6-4-15)22-7-9-24-10-8-22/h1-6,12H,7-11H2,(H,21,23). The zero-order valence-electron chi connectivity index (χ0n) is 13.1. The molecule has 1 saturated heterocycles. The molecule has 1 aliphatic heterocycles. The van der Waals surface area contributed by atoms with Crippen LogP contribution in [0.25, 0.3) is 0 Å². The average molecular weight is 365 g/mol. The molecule has 4 nitrogen and oxygen atoms in total. The molecular formula is C18H18Cl2N2O2. The molecule has 6 heteroatoms. The second-order valence-electron chi connectivity index (χ2n) is 5.61. The highest BCUT2D eigenvalue weighted by Gasteiger charge is 2.12. The maximum atomic E-state index is 12.2. The lowest BCUT2D eigenvalue weighted by atomic mass is 10.1. The van der Waals surface area contributed by atoms with E-state index in [9.17, 15) is 4.79 Å². The Morgan fingerprint density at radius 3 is 2.46 bits per heavy atom. The molecule has 1 heterocycles. The maximum Gasteiger partial charge on any atom is 0.228 e. The number of carbonyl (C=O) groups is 1. The maximum absolute atomic E-state index is 12.2. The van der Waals surface area contributed by atoms with E-state index >= 15 is 0 Å². The first-order chi connectivity index (χ1) is 11.6. The molecule has 1 N–H and O–H groups in total. The van der Waals surface area contributed by atoms with Gasteiger partial charge in [0.15, 0.2) is 0 Å². The number of rotatable bonds is 4. The minimum absolute atomic E-state index is 0.113. The van der Waals surface area contributed by atoms with Crippen molar-refractivity contribution in [3.8, 4) is 0 Å². The van der Waals surface area contributed by atoms with Crippen LogP contribution in [0.15, 0.2) is 42.5 Å². The SMILES string of the molecule is O=C(Cc1ccc(Cl)cc1Cl)Nc1ccc(N2CCOCC2)cc1. The van der Waals surface area contributed by atoms with Gasteiger partial charge in [-0.25, -0.2) is 0 Å². The van der Waals surface area contributed by atoms with E-state index in [1.54, 1.807) is 18.2 Å². The van der Waals surface area contributed by atoms with E-state index in [1.807, 2.05) is 24.3 Å². The fourth-order valence-electron chi connectivity index (χ4n) is 2.62. The molecule has 2 aromatic rings. The van der Waals surface area contributed by atoms with E-state index in [1.165, 1.54) is 0 Å². The van der Waals surface area contributed by atoms with Gasteiger partial charge in [-0.2, -0.15) is 0 Å². The number of benzene rings is 2. The second-order valence-corrected chi connectivity index (χ2v) is 6.45. The smallest absolute Gasteiger partial charge is 0.228 e. The Bertz CT molecular complexity index is 713. The van der Waals surface area contributed by atoms with Gasteiger partial charge >= 0.3 is 0 Å². The van der Waals surface area contributed by atoms with Crippen molar-refractivity contribution >= 4 is 40.5 Å². The number of hydrogen-bond acceptors (Lipinski definition) is 3. The van der Waals surface area contributed by atoms with Crippen molar-refractivity contribution in [3.05, 3.63) is 58.1 Å². The minimum atomic E-state index is -0.113. The van der Waals surface area contributed by atoms with Crippen molar-refractivity contribution in [2.75, 3.05) is 36.5 Å². The van der Waals surface area contributed by atoms with Gasteiger partial charge in [0.25, 0.3) is 0 Å². The highest BCUT2D eigenvalue weighted by atomic mass is 35.5. The molecule has 1 amide bonds. The highest BCUT2D eigenvalue weighted by molar-refractivity contribution is 6.35. The number of halogens is 2. The first-order valence-electron chi connectivity index (χ1n) is 7.78. The molecule has 0 saturated carbocycles. The molecule has 0 atom stereocenters. The van der Waals surface area contributed by atoms with E-state index in [4.69, 9.17) is 27.9 Å². The number of hydrogen-bond donors (Lipinski definition) is 1. The number of carbonyl (C=O) groups excluding carboxylic acids is 1. The zero-order chi connectivity index (χ0) is 16.9. The molecule has 0 aromatic heterocycles. The lowest BCUT2D eigenvalue weighted by molar-refractivity contribution is -0.115. The van der Waals surface area contributed by atoms with Gasteiger partial charge in [-0.3, -0.25) is 4.79 Å². The van der Waals surface area contributed by atoms with Gasteiger partial charge in [0.2, 0.25) is 5.91 Å². The summed E-state index contributed by atoms with van der Waals surface area (Å²) in [5.41, 5.74) is 2.66. The minimum Gasteiger partial charge on any atom is -0.378 e. The normalized spacial score (nSPS) is 14.5. The number of anilines is 2. The number of morpholine rings is 1. The van der Waals surface area contributed by atoms with Crippen molar-refractivity contribution < 1.29 is 9.53 Å². The summed E-state index contributed by atoms with van der Waals surface area (Å²) < 4.78 is 5.35. The van der Waals surface area contributed by atoms with Crippen molar-refractivity contribution in [1.82, 2.24) is 0 Å². The number of amides is 1. The fourth-order valence-corrected chi connectivity index (χ4v) is 3.10. The van der Waals surface area contributed by atoms with Crippen LogP contribution in [0.2, 0.25) is 10.0 Å². The van der Waals surface area contributed by atoms with Gasteiger partial charge in [-0.05, 0) is 42.0 Å². The molecule has 3 rings (SSSR count). The third-order valence-electron chi connectivity index (χ3n) is 3.89. The van der Waals surface area contributed by atoms with Crippen molar-refractivity contribution in [2.45, 2.75) is 6.42 Å². The second kappa shape index (κ2) is 7.88. The number of nitrogens with one attached hydrogen (secondary N) is 1. The average Bonchev–Trinajstić information content (AvgIpc) is 2.59. The predicted molar refractivity (Wildman–Crippen MR) is 98.3 cm³/mol. The van der Waals surface area contributed by atoms with E-state index in [0.29, 0.717) is 10.0 Å². The molecule has 0 bridgehead atoms. The lowest BCUT2D eigenvalue weighted by Gasteiger charge is -2.28. The lowest BCUT2D eigenvalue weighted by Crippen LogP contribution is -2.36. The summed E-state index contributed by atoms with van der Waals surface area (Å²) in [5, 5.41) is 3.95. The Morgan fingerprint density at radius 1 is 1.08 bits per heavy atom. The van der Waals surface area contributed by atoms with Crippen molar-refractivity contribution in [3.63, 3.8) is 0 Å². The number of nitrogens with zero attached hydrogens (tertiary/aromatic N) is 1. The molecule has 1 aliphatic rings. The summed E-state index contributed by atoms with van der Waals surface area (Å²) in [6.07, 6.45) is 0.210. The van der Waals surface area contributed by atoms with Gasteiger partial charge in [-0.1, -0.05) is 29.3 Å². The van der Waals surface area contributed by atoms with Gasteiger partial charge in [0.1, 0.15) is 0 Å². The highest BCUT2D eigenvalue weighted by Crippen LogP contribution is 2.22. The third-order valence-corrected chi connectivity index (χ3v) is 4.48. The Hall–Kier alpha value is -1.75. The van der Waals surface area contributed by atoms with Crippen LogP contribution < -0.4 is 10.2 Å². The van der Waals surface area contributed by atoms with Crippen LogP contribution in [0.4, 0.5) is 11.4 Å². The number of ether oxygens (including phenoxy) is 1. The summed E-state index contributed by atoms with van der Waals surface area (Å²) >= 11 is 12.0. The molecule has 24 heavy (non-hydrogen) atoms. The third kappa shape index (κ3) is 4.41. The Labute approximate surface area is 151 Å². The molecule has 0 spiro atoms. The summed E-state index contributed by atoms with van der Waals surface area (Å²) in [4.78, 5) is 14.4. The van der Waals surface area contributed by atoms with Crippen LogP contribution in [0, 0.1) is 0 Å². The molecule has 2 aromatic carbocycles. The van der Waals surface area contributed by atoms with Crippen LogP contribution >= 0.6 is 23.2 Å². The molecule has 0 aliphatic carbocycles. The molecule has 126 valence electrons. The van der Waals surface area contributed by atoms with E-state index < -0.39 is 0 Å². The van der Waals surface area contributed by atoms with Crippen LogP contribution in [-0.4, -0.2) is 32.2 Å². The topological polar surface area (TPSA) is 41.6 Å². The largest absolute Gasteiger partial charge is 0.378 e. The summed E-state index contributed by atoms with van der Waals surface area (Å²) in [6, 6.07) is 13.0. The Kier molecular flexibility index (Phi) is 5.61. The summed E-state index contributed by atoms with van der Waals surface area (Å²) in [7, 11) is 0. The van der Waals surface area contributed by atoms with Crippen LogP contribution in [0.5, 0.6) is 0 Å². The zero-order valence-corrected chi connectivity index (χ0v) is 14.6. The predicted octanol–water partition coefficient (Wildman–Crippen LogP) is 4.01. The Balaban J connectivity index is 1.59. The van der Waals surface area contributed by atoms with Gasteiger partial charge in [0, 0.05) is 34.5 Å². The van der Waals surface area contributed by atoms with Gasteiger partial charge in [-0.15, -0.1) is 0 Å². The van der Waals surface area contributed by atoms with E-state index in [0.717, 1.165) is 43.2 Å². The summed E-state index contributed by atoms with van der Waals surface area (Å²) in [6.45, 7) is 3.28. The van der Waals surface area contributed by atoms with Crippen LogP contribution in [0.1, 0.15) is 5.56 Å². The van der Waals surface area contributed by atoms with Gasteiger partial charge in [0.05, 0.1) is 19.6 Å². The van der Waals surface area contributed by atoms with Crippen molar-refractivity contribution in [2.24, 2.45) is 0 Å². The fraction of sp³-hybridized carbons (Fsp3) is 0.278. The molecule has 0 unspecified atom stereocenters. The summed E-state index contributed by atoms with van der Waals surface area (Å²) in [5.74, 6) is -0.113. The van der Waals surface area contributed by atoms with E-state index in [2.05, 4.69) is 10.2 Å². The first kappa shape index (κ1) is 17.1. The monoisotopic (exact) mass is 364 g/mol. The molecular weight excluding hydrogens is 347 g/mol. The van der Waals surface area contributed by atoms with Gasteiger partial charge < -0.3 is 15.0 Å². The van der Waals surface area contributed by atoms with Crippen LogP contribution in [0.3, 0.4) is 0 Å². The van der Waals surface area contributed by atoms with Crippen molar-refractivity contribution in [1.29, 1.82) is 0 Å². The quantitative estimate of drug-likeness (QED) is 0.890. The van der Waals surface area contributed by atoms with E-state index in [-0.39, 0.29) is 12.3 Å².